The van der Waals surface area contributed by atoms with Gasteiger partial charge in [-0.3, -0.25) is 0 Å². The predicted octanol–water partition coefficient (Wildman–Crippen LogP) is 8.63. The number of fused-ring (bicyclic) bond motifs is 5. The molecule has 44 heavy (non-hydrogen) atoms. The van der Waals surface area contributed by atoms with Crippen LogP contribution in [0, 0.1) is 11.3 Å². The highest BCUT2D eigenvalue weighted by molar-refractivity contribution is 5.78. The highest BCUT2D eigenvalue weighted by Gasteiger charge is 2.43. The number of rotatable bonds is 4. The Labute approximate surface area is 261 Å². The standard InChI is InChI=1S/C41H43NO2/c42-24-25-7-5-8-26(19-25)27-9-6-10-28(20-27)29-15-16-31-22-32(18-17-30(31)21-29)39-40-35(33-11-1-3-13-37(33)43-40)23-36-34-12-2-4-14-38(34)44-41(36)39/h8-9,19-24,35,40,42H,1-7,10-18H2. The van der Waals surface area contributed by atoms with Crippen molar-refractivity contribution in [3.8, 4) is 0 Å². The molecule has 0 spiro atoms. The second-order valence-electron chi connectivity index (χ2n) is 14.1. The van der Waals surface area contributed by atoms with Crippen molar-refractivity contribution in [2.45, 2.75) is 109 Å². The number of allylic oxidation sites excluding steroid dienone is 14. The molecule has 0 amide bonds. The van der Waals surface area contributed by atoms with E-state index in [1.165, 1.54) is 105 Å². The Morgan fingerprint density at radius 2 is 1.41 bits per heavy atom. The summed E-state index contributed by atoms with van der Waals surface area (Å²) in [5, 5.41) is 9.13. The van der Waals surface area contributed by atoms with Crippen LogP contribution >= 0.6 is 0 Å². The summed E-state index contributed by atoms with van der Waals surface area (Å²) in [6, 6.07) is 0. The van der Waals surface area contributed by atoms with Crippen LogP contribution in [-0.2, 0) is 17.6 Å². The van der Waals surface area contributed by atoms with Crippen LogP contribution in [0.5, 0.6) is 0 Å². The van der Waals surface area contributed by atoms with E-state index in [0.717, 1.165) is 81.6 Å². The average molecular weight is 582 g/mol. The molecule has 0 saturated heterocycles. The van der Waals surface area contributed by atoms with E-state index in [0.29, 0.717) is 5.92 Å². The second-order valence-corrected chi connectivity index (χ2v) is 14.1. The van der Waals surface area contributed by atoms with Crippen LogP contribution in [0.2, 0.25) is 0 Å². The van der Waals surface area contributed by atoms with Gasteiger partial charge in [-0.1, -0.05) is 36.5 Å². The summed E-state index contributed by atoms with van der Waals surface area (Å²) < 4.78 is 13.7. The van der Waals surface area contributed by atoms with Crippen molar-refractivity contribution in [2.24, 2.45) is 5.92 Å². The molecule has 0 saturated carbocycles. The van der Waals surface area contributed by atoms with Crippen LogP contribution in [0.4, 0.5) is 0 Å². The number of ether oxygens (including phenoxy) is 1. The number of aryl methyl sites for hydroxylation is 1. The highest BCUT2D eigenvalue weighted by atomic mass is 16.5. The summed E-state index contributed by atoms with van der Waals surface area (Å²) in [6.07, 6.45) is 37.0. The first-order valence-corrected chi connectivity index (χ1v) is 17.4. The Morgan fingerprint density at radius 3 is 2.30 bits per heavy atom. The van der Waals surface area contributed by atoms with Gasteiger partial charge in [0.15, 0.2) is 0 Å². The minimum atomic E-state index is 0.0928. The molecule has 224 valence electrons. The number of furan rings is 1. The van der Waals surface area contributed by atoms with Crippen molar-refractivity contribution in [3.05, 3.63) is 114 Å². The molecule has 7 aliphatic carbocycles. The van der Waals surface area contributed by atoms with E-state index in [2.05, 4.69) is 42.5 Å². The fourth-order valence-corrected chi connectivity index (χ4v) is 9.24. The first-order valence-electron chi connectivity index (χ1n) is 17.4. The molecule has 3 nitrogen and oxygen atoms in total. The Hall–Kier alpha value is -3.59. The van der Waals surface area contributed by atoms with Gasteiger partial charge in [0.05, 0.1) is 5.76 Å². The maximum absolute atomic E-state index is 7.71. The molecule has 1 aromatic heterocycles. The lowest BCUT2D eigenvalue weighted by atomic mass is 9.75. The van der Waals surface area contributed by atoms with E-state index in [4.69, 9.17) is 14.6 Å². The SMILES string of the molecule is N=CC1=CC(C2=CCCC(C3=CC4=C(C=C(C5=c6oc7c(c6=CC6C8=C(CCCC8)OC56)CCCC7)CC4)CC3)=C2)=CCC1. The molecular formula is C41H43NO2. The molecule has 1 aromatic rings. The van der Waals surface area contributed by atoms with Crippen LogP contribution in [0.1, 0.15) is 101 Å². The molecule has 0 radical (unpaired) electrons. The van der Waals surface area contributed by atoms with Gasteiger partial charge in [-0.15, -0.1) is 0 Å². The minimum Gasteiger partial charge on any atom is -0.489 e. The van der Waals surface area contributed by atoms with Gasteiger partial charge in [0, 0.05) is 41.3 Å². The molecule has 3 heteroatoms. The summed E-state index contributed by atoms with van der Waals surface area (Å²) in [5.74, 6) is 2.93. The summed E-state index contributed by atoms with van der Waals surface area (Å²) >= 11 is 0. The molecule has 1 aliphatic heterocycles. The van der Waals surface area contributed by atoms with Gasteiger partial charge in [-0.05, 0) is 146 Å². The van der Waals surface area contributed by atoms with Crippen molar-refractivity contribution in [3.63, 3.8) is 0 Å². The third-order valence-electron chi connectivity index (χ3n) is 11.5. The quantitative estimate of drug-likeness (QED) is 0.362. The van der Waals surface area contributed by atoms with Crippen molar-refractivity contribution >= 4 is 17.9 Å². The number of hydrogen-bond donors (Lipinski definition) is 1. The Balaban J connectivity index is 1.07. The zero-order chi connectivity index (χ0) is 29.2. The van der Waals surface area contributed by atoms with Gasteiger partial charge in [-0.25, -0.2) is 0 Å². The van der Waals surface area contributed by atoms with Crippen molar-refractivity contribution in [2.75, 3.05) is 0 Å². The summed E-state index contributed by atoms with van der Waals surface area (Å²) in [4.78, 5) is 0. The summed E-state index contributed by atoms with van der Waals surface area (Å²) in [5.41, 5.74) is 17.0. The fraction of sp³-hybridized carbons (Fsp3) is 0.439. The first kappa shape index (κ1) is 26.8. The van der Waals surface area contributed by atoms with E-state index in [9.17, 15) is 0 Å². The fourth-order valence-electron chi connectivity index (χ4n) is 9.24. The lowest BCUT2D eigenvalue weighted by Gasteiger charge is -2.30. The Morgan fingerprint density at radius 1 is 0.682 bits per heavy atom. The van der Waals surface area contributed by atoms with Gasteiger partial charge in [0.25, 0.3) is 0 Å². The molecule has 2 heterocycles. The van der Waals surface area contributed by atoms with Gasteiger partial charge in [0.2, 0.25) is 0 Å². The molecule has 2 unspecified atom stereocenters. The smallest absolute Gasteiger partial charge is 0.141 e. The van der Waals surface area contributed by atoms with Crippen LogP contribution in [-0.4, -0.2) is 12.3 Å². The third-order valence-corrected chi connectivity index (χ3v) is 11.5. The van der Waals surface area contributed by atoms with Crippen molar-refractivity contribution in [1.82, 2.24) is 0 Å². The maximum atomic E-state index is 7.71. The lowest BCUT2D eigenvalue weighted by molar-refractivity contribution is 0.165. The van der Waals surface area contributed by atoms with Gasteiger partial charge >= 0.3 is 0 Å². The molecule has 0 aromatic carbocycles. The van der Waals surface area contributed by atoms with Gasteiger partial charge in [0.1, 0.15) is 17.3 Å². The summed E-state index contributed by atoms with van der Waals surface area (Å²) in [6.45, 7) is 0. The van der Waals surface area contributed by atoms with E-state index in [1.807, 2.05) is 0 Å². The number of nitrogens with one attached hydrogen (secondary N) is 1. The molecular weight excluding hydrogens is 538 g/mol. The molecule has 2 atom stereocenters. The molecule has 0 fully saturated rings. The predicted molar refractivity (Wildman–Crippen MR) is 178 cm³/mol. The maximum Gasteiger partial charge on any atom is 0.141 e. The molecule has 8 aliphatic rings. The second kappa shape index (κ2) is 10.8. The minimum absolute atomic E-state index is 0.0928. The Kier molecular flexibility index (Phi) is 6.57. The lowest BCUT2D eigenvalue weighted by Crippen LogP contribution is -2.39. The van der Waals surface area contributed by atoms with Crippen LogP contribution < -0.4 is 10.6 Å². The first-order chi connectivity index (χ1) is 21.7. The number of hydrogen-bond acceptors (Lipinski definition) is 3. The normalized spacial score (nSPS) is 27.6. The molecule has 9 rings (SSSR count). The van der Waals surface area contributed by atoms with E-state index in [-0.39, 0.29) is 6.10 Å². The zero-order valence-corrected chi connectivity index (χ0v) is 25.9. The van der Waals surface area contributed by atoms with Crippen molar-refractivity contribution < 1.29 is 9.15 Å². The van der Waals surface area contributed by atoms with E-state index in [1.54, 1.807) is 5.57 Å². The van der Waals surface area contributed by atoms with Crippen LogP contribution in [0.15, 0.2) is 96.8 Å². The molecule has 1 N–H and O–H groups in total. The average Bonchev–Trinajstić information content (AvgIpc) is 3.65. The largest absolute Gasteiger partial charge is 0.489 e. The Bertz CT molecular complexity index is 1860. The third kappa shape index (κ3) is 4.41. The van der Waals surface area contributed by atoms with Crippen LogP contribution in [0.3, 0.4) is 0 Å². The molecule has 0 bridgehead atoms. The van der Waals surface area contributed by atoms with Crippen LogP contribution in [0.25, 0.3) is 11.6 Å². The highest BCUT2D eigenvalue weighted by Crippen LogP contribution is 2.48. The zero-order valence-electron chi connectivity index (χ0n) is 25.9. The van der Waals surface area contributed by atoms with Crippen molar-refractivity contribution in [1.29, 1.82) is 5.41 Å². The summed E-state index contributed by atoms with van der Waals surface area (Å²) in [7, 11) is 0. The van der Waals surface area contributed by atoms with E-state index >= 15 is 0 Å². The monoisotopic (exact) mass is 581 g/mol. The van der Waals surface area contributed by atoms with Gasteiger partial charge < -0.3 is 14.6 Å². The van der Waals surface area contributed by atoms with E-state index < -0.39 is 0 Å². The topological polar surface area (TPSA) is 46.2 Å². The van der Waals surface area contributed by atoms with Gasteiger partial charge in [-0.2, -0.15) is 0 Å².